The molecule has 29 heavy (non-hydrogen) atoms. The third kappa shape index (κ3) is 8.89. The normalized spacial score (nSPS) is 14.6. The first-order valence-electron chi connectivity index (χ1n) is 7.81. The van der Waals surface area contributed by atoms with Gasteiger partial charge in [-0.3, -0.25) is 8.98 Å². The molecule has 1 aromatic carbocycles. The van der Waals surface area contributed by atoms with Gasteiger partial charge >= 0.3 is 22.4 Å². The molecule has 1 atom stereocenters. The third-order valence-corrected chi connectivity index (χ3v) is 4.80. The first-order chi connectivity index (χ1) is 13.1. The SMILES string of the molecule is O=C(CCCC(NS(=O)(=O)OCC(Cl)(Cl)Cl)c1ccccc1)C(F)(F)C(F)(F)F. The Labute approximate surface area is 178 Å². The molecule has 0 saturated heterocycles. The van der Waals surface area contributed by atoms with E-state index in [1.807, 2.05) is 0 Å². The summed E-state index contributed by atoms with van der Waals surface area (Å²) >= 11 is 16.2. The van der Waals surface area contributed by atoms with Crippen LogP contribution < -0.4 is 4.72 Å². The van der Waals surface area contributed by atoms with Gasteiger partial charge in [-0.25, -0.2) is 0 Å². The molecule has 1 rings (SSSR count). The zero-order valence-corrected chi connectivity index (χ0v) is 17.4. The molecule has 0 saturated carbocycles. The van der Waals surface area contributed by atoms with Crippen LogP contribution in [-0.4, -0.2) is 36.7 Å². The van der Waals surface area contributed by atoms with E-state index in [1.165, 1.54) is 12.1 Å². The summed E-state index contributed by atoms with van der Waals surface area (Å²) in [6.07, 6.45) is -7.86. The minimum atomic E-state index is -6.00. The highest BCUT2D eigenvalue weighted by Crippen LogP contribution is 2.37. The number of benzene rings is 1. The zero-order chi connectivity index (χ0) is 22.5. The fourth-order valence-corrected chi connectivity index (χ4v) is 3.47. The summed E-state index contributed by atoms with van der Waals surface area (Å²) in [5.74, 6) is -7.80. The molecule has 1 unspecified atom stereocenters. The lowest BCUT2D eigenvalue weighted by Crippen LogP contribution is -2.44. The number of hydrogen-bond donors (Lipinski definition) is 1. The van der Waals surface area contributed by atoms with Crippen LogP contribution in [0.2, 0.25) is 0 Å². The average molecular weight is 507 g/mol. The summed E-state index contributed by atoms with van der Waals surface area (Å²) in [6, 6.07) is 6.57. The molecule has 166 valence electrons. The van der Waals surface area contributed by atoms with Gasteiger partial charge in [-0.15, -0.1) is 0 Å². The van der Waals surface area contributed by atoms with Gasteiger partial charge in [0.05, 0.1) is 0 Å². The van der Waals surface area contributed by atoms with Gasteiger partial charge in [0.25, 0.3) is 0 Å². The number of alkyl halides is 8. The highest BCUT2D eigenvalue weighted by atomic mass is 35.6. The maximum atomic E-state index is 13.0. The van der Waals surface area contributed by atoms with Crippen molar-refractivity contribution in [3.63, 3.8) is 0 Å². The van der Waals surface area contributed by atoms with E-state index in [9.17, 15) is 35.2 Å². The molecule has 0 spiro atoms. The predicted molar refractivity (Wildman–Crippen MR) is 97.3 cm³/mol. The number of carbonyl (C=O) groups excluding carboxylic acids is 1. The minimum absolute atomic E-state index is 0.278. The lowest BCUT2D eigenvalue weighted by Gasteiger charge is -2.21. The molecule has 0 radical (unpaired) electrons. The van der Waals surface area contributed by atoms with Crippen LogP contribution in [-0.2, 0) is 19.3 Å². The van der Waals surface area contributed by atoms with Crippen molar-refractivity contribution in [3.8, 4) is 0 Å². The molecule has 0 aliphatic carbocycles. The summed E-state index contributed by atoms with van der Waals surface area (Å²) < 4.78 is 91.3. The number of ketones is 1. The van der Waals surface area contributed by atoms with E-state index in [0.717, 1.165) is 0 Å². The summed E-state index contributed by atoms with van der Waals surface area (Å²) in [7, 11) is -4.48. The maximum Gasteiger partial charge on any atom is 0.461 e. The Balaban J connectivity index is 2.84. The average Bonchev–Trinajstić information content (AvgIpc) is 2.58. The number of rotatable bonds is 10. The topological polar surface area (TPSA) is 72.5 Å². The first-order valence-corrected chi connectivity index (χ1v) is 10.4. The van der Waals surface area contributed by atoms with Crippen molar-refractivity contribution in [1.29, 1.82) is 0 Å². The van der Waals surface area contributed by atoms with E-state index >= 15 is 0 Å². The fourth-order valence-electron chi connectivity index (χ4n) is 2.11. The van der Waals surface area contributed by atoms with Gasteiger partial charge in [0.1, 0.15) is 6.61 Å². The molecule has 0 fully saturated rings. The molecule has 14 heteroatoms. The summed E-state index contributed by atoms with van der Waals surface area (Å²) in [5, 5.41) is 0. The monoisotopic (exact) mass is 505 g/mol. The van der Waals surface area contributed by atoms with Crippen LogP contribution in [0, 0.1) is 0 Å². The Kier molecular flexibility index (Phi) is 9.13. The zero-order valence-electron chi connectivity index (χ0n) is 14.4. The highest BCUT2D eigenvalue weighted by Gasteiger charge is 2.62. The van der Waals surface area contributed by atoms with E-state index < -0.39 is 57.5 Å². The van der Waals surface area contributed by atoms with Crippen molar-refractivity contribution in [2.24, 2.45) is 0 Å². The van der Waals surface area contributed by atoms with Crippen molar-refractivity contribution >= 4 is 50.9 Å². The minimum Gasteiger partial charge on any atom is -0.293 e. The molecule has 0 aliphatic rings. The van der Waals surface area contributed by atoms with Crippen molar-refractivity contribution < 1.29 is 39.3 Å². The van der Waals surface area contributed by atoms with Crippen LogP contribution in [0.5, 0.6) is 0 Å². The van der Waals surface area contributed by atoms with Crippen LogP contribution in [0.4, 0.5) is 22.0 Å². The van der Waals surface area contributed by atoms with Gasteiger partial charge < -0.3 is 0 Å². The maximum absolute atomic E-state index is 13.0. The Morgan fingerprint density at radius 1 is 1.07 bits per heavy atom. The Morgan fingerprint density at radius 2 is 1.62 bits per heavy atom. The molecular formula is C15H15Cl3F5NO4S. The molecule has 0 bridgehead atoms. The van der Waals surface area contributed by atoms with Crippen molar-refractivity contribution in [2.45, 2.75) is 41.2 Å². The smallest absolute Gasteiger partial charge is 0.293 e. The molecule has 5 nitrogen and oxygen atoms in total. The molecule has 1 N–H and O–H groups in total. The van der Waals surface area contributed by atoms with Crippen molar-refractivity contribution in [2.75, 3.05) is 6.61 Å². The lowest BCUT2D eigenvalue weighted by molar-refractivity contribution is -0.268. The Morgan fingerprint density at radius 3 is 2.10 bits per heavy atom. The predicted octanol–water partition coefficient (Wildman–Crippen LogP) is 4.89. The van der Waals surface area contributed by atoms with E-state index in [-0.39, 0.29) is 6.42 Å². The Hall–Kier alpha value is -0.720. The lowest BCUT2D eigenvalue weighted by atomic mass is 9.99. The van der Waals surface area contributed by atoms with Gasteiger partial charge in [-0.1, -0.05) is 65.1 Å². The van der Waals surface area contributed by atoms with E-state index in [2.05, 4.69) is 8.91 Å². The van der Waals surface area contributed by atoms with Gasteiger partial charge in [0.2, 0.25) is 9.58 Å². The van der Waals surface area contributed by atoms with E-state index in [1.54, 1.807) is 18.2 Å². The number of halogens is 8. The molecular weight excluding hydrogens is 492 g/mol. The number of nitrogens with one attached hydrogen (secondary N) is 1. The Bertz CT molecular complexity index is 785. The number of carbonyl (C=O) groups is 1. The van der Waals surface area contributed by atoms with Gasteiger partial charge in [0, 0.05) is 12.5 Å². The third-order valence-electron chi connectivity index (χ3n) is 3.47. The highest BCUT2D eigenvalue weighted by molar-refractivity contribution is 7.84. The second kappa shape index (κ2) is 10.1. The summed E-state index contributed by atoms with van der Waals surface area (Å²) in [6.45, 7) is -0.829. The van der Waals surface area contributed by atoms with Crippen LogP contribution in [0.3, 0.4) is 0 Å². The first kappa shape index (κ1) is 26.3. The van der Waals surface area contributed by atoms with Crippen LogP contribution in [0.1, 0.15) is 30.9 Å². The van der Waals surface area contributed by atoms with Crippen molar-refractivity contribution in [3.05, 3.63) is 35.9 Å². The van der Waals surface area contributed by atoms with Gasteiger partial charge in [-0.2, -0.15) is 35.1 Å². The van der Waals surface area contributed by atoms with Crippen LogP contribution >= 0.6 is 34.8 Å². The molecule has 0 aromatic heterocycles. The summed E-state index contributed by atoms with van der Waals surface area (Å²) in [5.41, 5.74) is 0.351. The van der Waals surface area contributed by atoms with Crippen LogP contribution in [0.25, 0.3) is 0 Å². The number of Topliss-reactive ketones (excluding diaryl/α,β-unsaturated/α-hetero) is 1. The molecule has 1 aromatic rings. The second-order valence-corrected chi connectivity index (χ2v) is 9.70. The number of hydrogen-bond acceptors (Lipinski definition) is 4. The molecule has 0 aliphatic heterocycles. The molecule has 0 heterocycles. The van der Waals surface area contributed by atoms with E-state index in [0.29, 0.717) is 5.56 Å². The standard InChI is InChI=1S/C15H15Cl3F5NO4S/c16-13(17,18)9-28-29(26,27)24-11(10-5-2-1-3-6-10)7-4-8-12(25)14(19,20)15(21,22)23/h1-3,5-6,11,24H,4,7-9H2. The largest absolute Gasteiger partial charge is 0.461 e. The summed E-state index contributed by atoms with van der Waals surface area (Å²) in [4.78, 5) is 11.3. The van der Waals surface area contributed by atoms with Gasteiger partial charge in [-0.05, 0) is 18.4 Å². The van der Waals surface area contributed by atoms with Gasteiger partial charge in [0.15, 0.2) is 0 Å². The van der Waals surface area contributed by atoms with Crippen molar-refractivity contribution in [1.82, 2.24) is 4.72 Å². The van der Waals surface area contributed by atoms with Crippen LogP contribution in [0.15, 0.2) is 30.3 Å². The quantitative estimate of drug-likeness (QED) is 0.362. The second-order valence-electron chi connectivity index (χ2n) is 5.80. The molecule has 0 amide bonds. The fraction of sp³-hybridized carbons (Fsp3) is 0.533. The van der Waals surface area contributed by atoms with E-state index in [4.69, 9.17) is 34.8 Å².